The van der Waals surface area contributed by atoms with E-state index < -0.39 is 17.5 Å². The Balaban J connectivity index is 2.23. The van der Waals surface area contributed by atoms with E-state index in [1.807, 2.05) is 40.7 Å². The fourth-order valence-electron chi connectivity index (χ4n) is 6.22. The Morgan fingerprint density at radius 2 is 1.56 bits per heavy atom. The van der Waals surface area contributed by atoms with E-state index in [1.165, 1.54) is 0 Å². The molecule has 9 nitrogen and oxygen atoms in total. The lowest BCUT2D eigenvalue weighted by Gasteiger charge is -2.41. The molecule has 4 amide bonds. The lowest BCUT2D eigenvalue weighted by Crippen LogP contribution is -2.60. The van der Waals surface area contributed by atoms with Gasteiger partial charge in [0, 0.05) is 31.8 Å². The van der Waals surface area contributed by atoms with Crippen molar-refractivity contribution in [3.8, 4) is 0 Å². The number of hydrogen-bond acceptors (Lipinski definition) is 5. The standard InChI is InChI=1S/C34H61N5O4/c1-12-24(6)21-35-30(40)26-17-15-19-39(26)32(42)25(7)20-28(22(2)3)37(11)33(43)29(34(8,9)10)36-31(41)27-16-13-14-18-38(27)23(4)5/h20,22-24,26-29H,12-19,21H2,1-11H3,(H,35,40)(H,36,41)/b25-20+/t24-,26-,27?,28+,29?/m0/s1. The summed E-state index contributed by atoms with van der Waals surface area (Å²) in [7, 11) is 1.76. The monoisotopic (exact) mass is 603 g/mol. The van der Waals surface area contributed by atoms with Gasteiger partial charge in [-0.05, 0) is 70.3 Å². The van der Waals surface area contributed by atoms with Crippen molar-refractivity contribution >= 4 is 23.6 Å². The van der Waals surface area contributed by atoms with Crippen LogP contribution in [0.5, 0.6) is 0 Å². The first-order valence-corrected chi connectivity index (χ1v) is 16.6. The van der Waals surface area contributed by atoms with Crippen molar-refractivity contribution in [2.75, 3.05) is 26.7 Å². The van der Waals surface area contributed by atoms with Crippen molar-refractivity contribution in [3.63, 3.8) is 0 Å². The molecule has 9 heteroatoms. The first kappa shape index (κ1) is 36.8. The number of carbonyl (C=O) groups is 4. The van der Waals surface area contributed by atoms with Crippen LogP contribution >= 0.6 is 0 Å². The number of rotatable bonds is 12. The Bertz CT molecular complexity index is 1000. The topological polar surface area (TPSA) is 102 Å². The van der Waals surface area contributed by atoms with E-state index in [0.29, 0.717) is 31.0 Å². The van der Waals surface area contributed by atoms with Crippen LogP contribution in [0.4, 0.5) is 0 Å². The van der Waals surface area contributed by atoms with E-state index in [4.69, 9.17) is 0 Å². The number of carbonyl (C=O) groups excluding carboxylic acids is 4. The molecule has 2 unspecified atom stereocenters. The van der Waals surface area contributed by atoms with Crippen LogP contribution in [0.3, 0.4) is 0 Å². The van der Waals surface area contributed by atoms with Gasteiger partial charge in [-0.15, -0.1) is 0 Å². The van der Waals surface area contributed by atoms with Crippen LogP contribution in [0.2, 0.25) is 0 Å². The SMILES string of the molecule is CC[C@H](C)CNC(=O)[C@@H]1CCCN1C(=O)/C(C)=C/[C@H](C(C)C)N(C)C(=O)C(NC(=O)C1CCCCN1C(C)C)C(C)(C)C. The van der Waals surface area contributed by atoms with Crippen LogP contribution in [0.1, 0.15) is 108 Å². The second-order valence-corrected chi connectivity index (χ2v) is 14.6. The average Bonchev–Trinajstić information content (AvgIpc) is 3.45. The highest BCUT2D eigenvalue weighted by Crippen LogP contribution is 2.27. The van der Waals surface area contributed by atoms with Gasteiger partial charge in [0.2, 0.25) is 23.6 Å². The zero-order chi connectivity index (χ0) is 32.6. The van der Waals surface area contributed by atoms with Gasteiger partial charge in [0.25, 0.3) is 0 Å². The van der Waals surface area contributed by atoms with Crippen molar-refractivity contribution < 1.29 is 19.2 Å². The van der Waals surface area contributed by atoms with Crippen molar-refractivity contribution in [1.82, 2.24) is 25.3 Å². The van der Waals surface area contributed by atoms with E-state index in [1.54, 1.807) is 23.8 Å². The summed E-state index contributed by atoms with van der Waals surface area (Å²) < 4.78 is 0. The summed E-state index contributed by atoms with van der Waals surface area (Å²) in [6, 6.07) is -1.54. The molecular formula is C34H61N5O4. The third-order valence-electron chi connectivity index (χ3n) is 9.28. The van der Waals surface area contributed by atoms with Crippen molar-refractivity contribution in [2.24, 2.45) is 17.3 Å². The lowest BCUT2D eigenvalue weighted by atomic mass is 9.84. The molecule has 2 aliphatic rings. The molecule has 43 heavy (non-hydrogen) atoms. The summed E-state index contributed by atoms with van der Waals surface area (Å²) >= 11 is 0. The molecule has 246 valence electrons. The molecule has 0 spiro atoms. The van der Waals surface area contributed by atoms with Crippen LogP contribution in [0.15, 0.2) is 11.6 Å². The molecule has 2 N–H and O–H groups in total. The van der Waals surface area contributed by atoms with Crippen LogP contribution in [0.25, 0.3) is 0 Å². The third-order valence-corrected chi connectivity index (χ3v) is 9.28. The molecule has 2 rings (SSSR count). The van der Waals surface area contributed by atoms with Gasteiger partial charge in [-0.2, -0.15) is 0 Å². The fraction of sp³-hybridized carbons (Fsp3) is 0.824. The summed E-state index contributed by atoms with van der Waals surface area (Å²) in [6.07, 6.45) is 7.15. The maximum Gasteiger partial charge on any atom is 0.249 e. The van der Waals surface area contributed by atoms with Crippen LogP contribution < -0.4 is 10.6 Å². The van der Waals surface area contributed by atoms with Crippen LogP contribution in [0, 0.1) is 17.3 Å². The predicted octanol–water partition coefficient (Wildman–Crippen LogP) is 4.36. The molecule has 0 saturated carbocycles. The quantitative estimate of drug-likeness (QED) is 0.323. The van der Waals surface area contributed by atoms with Crippen LogP contribution in [-0.2, 0) is 19.2 Å². The first-order valence-electron chi connectivity index (χ1n) is 16.6. The van der Waals surface area contributed by atoms with Gasteiger partial charge in [-0.1, -0.05) is 67.4 Å². The second kappa shape index (κ2) is 16.1. The van der Waals surface area contributed by atoms with E-state index >= 15 is 0 Å². The first-order chi connectivity index (χ1) is 20.0. The van der Waals surface area contributed by atoms with Crippen LogP contribution in [-0.4, -0.2) is 95.2 Å². The smallest absolute Gasteiger partial charge is 0.249 e. The molecule has 0 aromatic carbocycles. The molecule has 2 aliphatic heterocycles. The number of hydrogen-bond donors (Lipinski definition) is 2. The molecule has 2 heterocycles. The summed E-state index contributed by atoms with van der Waals surface area (Å²) in [5.74, 6) is -0.120. The molecule has 5 atom stereocenters. The number of piperidine rings is 1. The van der Waals surface area contributed by atoms with E-state index in [9.17, 15) is 19.2 Å². The zero-order valence-electron chi connectivity index (χ0n) is 29.0. The lowest BCUT2D eigenvalue weighted by molar-refractivity contribution is -0.142. The Labute approximate surface area is 261 Å². The maximum atomic E-state index is 14.1. The second-order valence-electron chi connectivity index (χ2n) is 14.6. The predicted molar refractivity (Wildman–Crippen MR) is 173 cm³/mol. The number of nitrogens with one attached hydrogen (secondary N) is 2. The van der Waals surface area contributed by atoms with Gasteiger partial charge in [-0.25, -0.2) is 0 Å². The Morgan fingerprint density at radius 1 is 0.930 bits per heavy atom. The fourth-order valence-corrected chi connectivity index (χ4v) is 6.22. The molecule has 2 saturated heterocycles. The van der Waals surface area contributed by atoms with Crippen molar-refractivity contribution in [2.45, 2.75) is 138 Å². The summed E-state index contributed by atoms with van der Waals surface area (Å²) in [5.41, 5.74) is 0.00550. The molecule has 0 aromatic rings. The molecule has 0 aliphatic carbocycles. The van der Waals surface area contributed by atoms with Gasteiger partial charge in [0.15, 0.2) is 0 Å². The normalized spacial score (nSPS) is 22.3. The van der Waals surface area contributed by atoms with E-state index in [2.05, 4.69) is 43.2 Å². The molecule has 0 bridgehead atoms. The third kappa shape index (κ3) is 9.79. The van der Waals surface area contributed by atoms with Gasteiger partial charge in [0.1, 0.15) is 12.1 Å². The van der Waals surface area contributed by atoms with Gasteiger partial charge >= 0.3 is 0 Å². The Kier molecular flexibility index (Phi) is 13.7. The molecule has 2 fully saturated rings. The minimum atomic E-state index is -0.719. The highest BCUT2D eigenvalue weighted by atomic mass is 16.2. The summed E-state index contributed by atoms with van der Waals surface area (Å²) in [4.78, 5) is 59.8. The van der Waals surface area contributed by atoms with Crippen molar-refractivity contribution in [1.29, 1.82) is 0 Å². The maximum absolute atomic E-state index is 14.1. The Morgan fingerprint density at radius 3 is 2.12 bits per heavy atom. The van der Waals surface area contributed by atoms with Gasteiger partial charge in [-0.3, -0.25) is 24.1 Å². The highest BCUT2D eigenvalue weighted by molar-refractivity contribution is 5.97. The largest absolute Gasteiger partial charge is 0.354 e. The number of nitrogens with zero attached hydrogens (tertiary/aromatic N) is 3. The summed E-state index contributed by atoms with van der Waals surface area (Å²) in [5, 5.41) is 6.16. The Hall–Kier alpha value is -2.42. The number of likely N-dealkylation sites (tertiary alicyclic amines) is 2. The summed E-state index contributed by atoms with van der Waals surface area (Å²) in [6.45, 7) is 22.2. The molecule has 0 aromatic heterocycles. The number of likely N-dealkylation sites (N-methyl/N-ethyl adjacent to an activating group) is 1. The highest BCUT2D eigenvalue weighted by Gasteiger charge is 2.40. The van der Waals surface area contributed by atoms with Crippen molar-refractivity contribution in [3.05, 3.63) is 11.6 Å². The molecule has 0 radical (unpaired) electrons. The zero-order valence-corrected chi connectivity index (χ0v) is 29.0. The minimum absolute atomic E-state index is 0.0241. The van der Waals surface area contributed by atoms with Gasteiger partial charge in [0.05, 0.1) is 12.1 Å². The average molecular weight is 604 g/mol. The number of amides is 4. The van der Waals surface area contributed by atoms with Gasteiger partial charge < -0.3 is 20.4 Å². The van der Waals surface area contributed by atoms with E-state index in [0.717, 1.165) is 38.6 Å². The minimum Gasteiger partial charge on any atom is -0.354 e. The molecular weight excluding hydrogens is 542 g/mol. The van der Waals surface area contributed by atoms with E-state index in [-0.39, 0.29) is 47.7 Å².